The SMILES string of the molecule is Cc1cc(O)ccc1NC(=O)COc1ccc2ccccc2c1. The fourth-order valence-electron chi connectivity index (χ4n) is 2.38. The predicted molar refractivity (Wildman–Crippen MR) is 90.9 cm³/mol. The lowest BCUT2D eigenvalue weighted by atomic mass is 10.1. The minimum atomic E-state index is -0.244. The van der Waals surface area contributed by atoms with Crippen LogP contribution >= 0.6 is 0 Å². The van der Waals surface area contributed by atoms with E-state index in [1.54, 1.807) is 12.1 Å². The normalized spacial score (nSPS) is 10.5. The quantitative estimate of drug-likeness (QED) is 0.719. The summed E-state index contributed by atoms with van der Waals surface area (Å²) in [6, 6.07) is 18.5. The van der Waals surface area contributed by atoms with E-state index in [9.17, 15) is 9.90 Å². The van der Waals surface area contributed by atoms with E-state index in [-0.39, 0.29) is 18.3 Å². The van der Waals surface area contributed by atoms with E-state index < -0.39 is 0 Å². The van der Waals surface area contributed by atoms with Gasteiger partial charge in [0.15, 0.2) is 6.61 Å². The smallest absolute Gasteiger partial charge is 0.262 e. The molecular weight excluding hydrogens is 290 g/mol. The van der Waals surface area contributed by atoms with Gasteiger partial charge in [-0.15, -0.1) is 0 Å². The highest BCUT2D eigenvalue weighted by Gasteiger charge is 2.07. The van der Waals surface area contributed by atoms with Crippen molar-refractivity contribution < 1.29 is 14.6 Å². The molecular formula is C19H17NO3. The molecule has 0 fully saturated rings. The number of rotatable bonds is 4. The summed E-state index contributed by atoms with van der Waals surface area (Å²) in [7, 11) is 0. The minimum Gasteiger partial charge on any atom is -0.508 e. The van der Waals surface area contributed by atoms with Crippen molar-refractivity contribution in [3.05, 3.63) is 66.2 Å². The van der Waals surface area contributed by atoms with E-state index in [1.165, 1.54) is 6.07 Å². The van der Waals surface area contributed by atoms with Gasteiger partial charge in [0.2, 0.25) is 0 Å². The Bertz CT molecular complexity index is 858. The van der Waals surface area contributed by atoms with Gasteiger partial charge >= 0.3 is 0 Å². The molecule has 3 aromatic carbocycles. The third kappa shape index (κ3) is 3.61. The number of aryl methyl sites for hydroxylation is 1. The Morgan fingerprint density at radius 2 is 1.83 bits per heavy atom. The second kappa shape index (κ2) is 6.40. The van der Waals surface area contributed by atoms with E-state index in [1.807, 2.05) is 49.4 Å². The molecule has 4 nitrogen and oxygen atoms in total. The summed E-state index contributed by atoms with van der Waals surface area (Å²) in [6.07, 6.45) is 0. The Morgan fingerprint density at radius 3 is 2.61 bits per heavy atom. The number of carbonyl (C=O) groups is 1. The molecule has 1 amide bonds. The molecule has 0 bridgehead atoms. The Hall–Kier alpha value is -3.01. The Balaban J connectivity index is 1.63. The molecule has 0 aliphatic carbocycles. The Labute approximate surface area is 134 Å². The van der Waals surface area contributed by atoms with Crippen molar-refractivity contribution in [1.82, 2.24) is 0 Å². The average molecular weight is 307 g/mol. The topological polar surface area (TPSA) is 58.6 Å². The maximum absolute atomic E-state index is 12.0. The van der Waals surface area contributed by atoms with Crippen molar-refractivity contribution in [2.75, 3.05) is 11.9 Å². The zero-order valence-corrected chi connectivity index (χ0v) is 12.7. The highest BCUT2D eigenvalue weighted by Crippen LogP contribution is 2.21. The van der Waals surface area contributed by atoms with E-state index in [4.69, 9.17) is 4.74 Å². The second-order valence-electron chi connectivity index (χ2n) is 5.35. The first-order valence-corrected chi connectivity index (χ1v) is 7.33. The number of fused-ring (bicyclic) bond motifs is 1. The van der Waals surface area contributed by atoms with Crippen LogP contribution in [-0.4, -0.2) is 17.6 Å². The van der Waals surface area contributed by atoms with E-state index in [0.29, 0.717) is 11.4 Å². The van der Waals surface area contributed by atoms with Crippen LogP contribution in [0.3, 0.4) is 0 Å². The van der Waals surface area contributed by atoms with E-state index in [2.05, 4.69) is 5.32 Å². The highest BCUT2D eigenvalue weighted by molar-refractivity contribution is 5.92. The molecule has 0 saturated carbocycles. The van der Waals surface area contributed by atoms with Crippen LogP contribution in [0.5, 0.6) is 11.5 Å². The van der Waals surface area contributed by atoms with Crippen molar-refractivity contribution in [2.24, 2.45) is 0 Å². The summed E-state index contributed by atoms with van der Waals surface area (Å²) in [5.74, 6) is 0.584. The Kier molecular flexibility index (Phi) is 4.15. The summed E-state index contributed by atoms with van der Waals surface area (Å²) in [6.45, 7) is 1.75. The van der Waals surface area contributed by atoms with Gasteiger partial charge in [-0.05, 0) is 53.6 Å². The van der Waals surface area contributed by atoms with Gasteiger partial charge in [0, 0.05) is 5.69 Å². The lowest BCUT2D eigenvalue weighted by Gasteiger charge is -2.10. The van der Waals surface area contributed by atoms with Crippen LogP contribution in [0.15, 0.2) is 60.7 Å². The first kappa shape index (κ1) is 14.9. The van der Waals surface area contributed by atoms with Gasteiger partial charge in [-0.1, -0.05) is 30.3 Å². The number of anilines is 1. The minimum absolute atomic E-state index is 0.0708. The van der Waals surface area contributed by atoms with Crippen molar-refractivity contribution in [3.8, 4) is 11.5 Å². The zero-order chi connectivity index (χ0) is 16.2. The van der Waals surface area contributed by atoms with Gasteiger partial charge in [-0.2, -0.15) is 0 Å². The van der Waals surface area contributed by atoms with Gasteiger partial charge in [0.25, 0.3) is 5.91 Å². The zero-order valence-electron chi connectivity index (χ0n) is 12.7. The molecule has 0 radical (unpaired) electrons. The molecule has 0 aromatic heterocycles. The molecule has 0 spiro atoms. The monoisotopic (exact) mass is 307 g/mol. The largest absolute Gasteiger partial charge is 0.508 e. The highest BCUT2D eigenvalue weighted by atomic mass is 16.5. The van der Waals surface area contributed by atoms with Gasteiger partial charge < -0.3 is 15.2 Å². The molecule has 0 aliphatic heterocycles. The van der Waals surface area contributed by atoms with Crippen LogP contribution < -0.4 is 10.1 Å². The van der Waals surface area contributed by atoms with Crippen LogP contribution in [0.25, 0.3) is 10.8 Å². The van der Waals surface area contributed by atoms with Gasteiger partial charge in [-0.3, -0.25) is 4.79 Å². The molecule has 0 aliphatic rings. The lowest BCUT2D eigenvalue weighted by molar-refractivity contribution is -0.118. The molecule has 0 unspecified atom stereocenters. The van der Waals surface area contributed by atoms with Gasteiger partial charge in [-0.25, -0.2) is 0 Å². The molecule has 2 N–H and O–H groups in total. The summed E-state index contributed by atoms with van der Waals surface area (Å²) >= 11 is 0. The number of amides is 1. The number of phenolic OH excluding ortho intramolecular Hbond substituents is 1. The van der Waals surface area contributed by atoms with Crippen molar-refractivity contribution in [1.29, 1.82) is 0 Å². The maximum atomic E-state index is 12.0. The number of hydrogen-bond acceptors (Lipinski definition) is 3. The standard InChI is InChI=1S/C19H17NO3/c1-13-10-16(21)7-9-18(13)20-19(22)12-23-17-8-6-14-4-2-3-5-15(14)11-17/h2-11,21H,12H2,1H3,(H,20,22). The van der Waals surface area contributed by atoms with E-state index >= 15 is 0 Å². The fourth-order valence-corrected chi connectivity index (χ4v) is 2.38. The van der Waals surface area contributed by atoms with Crippen LogP contribution in [0.1, 0.15) is 5.56 Å². The number of carbonyl (C=O) groups excluding carboxylic acids is 1. The number of benzene rings is 3. The third-order valence-corrected chi connectivity index (χ3v) is 3.57. The number of hydrogen-bond donors (Lipinski definition) is 2. The molecule has 4 heteroatoms. The number of nitrogens with one attached hydrogen (secondary N) is 1. The molecule has 116 valence electrons. The average Bonchev–Trinajstić information content (AvgIpc) is 2.55. The summed E-state index contributed by atoms with van der Waals surface area (Å²) < 4.78 is 5.55. The van der Waals surface area contributed by atoms with Crippen LogP contribution in [-0.2, 0) is 4.79 Å². The lowest BCUT2D eigenvalue weighted by Crippen LogP contribution is -2.20. The van der Waals surface area contributed by atoms with Crippen LogP contribution in [0.2, 0.25) is 0 Å². The maximum Gasteiger partial charge on any atom is 0.262 e. The van der Waals surface area contributed by atoms with Gasteiger partial charge in [0.1, 0.15) is 11.5 Å². The first-order chi connectivity index (χ1) is 11.1. The van der Waals surface area contributed by atoms with E-state index in [0.717, 1.165) is 16.3 Å². The molecule has 3 rings (SSSR count). The van der Waals surface area contributed by atoms with Crippen LogP contribution in [0.4, 0.5) is 5.69 Å². The molecule has 23 heavy (non-hydrogen) atoms. The van der Waals surface area contributed by atoms with Crippen LogP contribution in [0, 0.1) is 6.92 Å². The first-order valence-electron chi connectivity index (χ1n) is 7.33. The predicted octanol–water partition coefficient (Wildman–Crippen LogP) is 3.87. The van der Waals surface area contributed by atoms with Crippen molar-refractivity contribution in [2.45, 2.75) is 6.92 Å². The molecule has 0 atom stereocenters. The molecule has 0 saturated heterocycles. The number of aromatic hydroxyl groups is 1. The summed E-state index contributed by atoms with van der Waals surface area (Å²) in [5.41, 5.74) is 1.46. The third-order valence-electron chi connectivity index (χ3n) is 3.57. The summed E-state index contributed by atoms with van der Waals surface area (Å²) in [5, 5.41) is 14.3. The van der Waals surface area contributed by atoms with Crippen molar-refractivity contribution >= 4 is 22.4 Å². The number of phenols is 1. The summed E-state index contributed by atoms with van der Waals surface area (Å²) in [4.78, 5) is 12.0. The molecule has 0 heterocycles. The Morgan fingerprint density at radius 1 is 1.04 bits per heavy atom. The second-order valence-corrected chi connectivity index (χ2v) is 5.35. The molecule has 3 aromatic rings. The van der Waals surface area contributed by atoms with Crippen molar-refractivity contribution in [3.63, 3.8) is 0 Å². The fraction of sp³-hybridized carbons (Fsp3) is 0.105. The number of ether oxygens (including phenoxy) is 1. The van der Waals surface area contributed by atoms with Gasteiger partial charge in [0.05, 0.1) is 0 Å².